The second-order valence-corrected chi connectivity index (χ2v) is 5.18. The van der Waals surface area contributed by atoms with E-state index in [4.69, 9.17) is 33.4 Å². The van der Waals surface area contributed by atoms with E-state index >= 15 is 0 Å². The number of carboxylic acid groups (broad SMARTS) is 2. The molecule has 0 radical (unpaired) electrons. The van der Waals surface area contributed by atoms with Crippen molar-refractivity contribution in [1.82, 2.24) is 5.32 Å². The Balaban J connectivity index is 2.71. The largest absolute Gasteiger partial charge is 0.481 e. The van der Waals surface area contributed by atoms with Gasteiger partial charge in [-0.05, 0) is 31.0 Å². The molecule has 0 heterocycles. The minimum absolute atomic E-state index is 0.0155. The van der Waals surface area contributed by atoms with Gasteiger partial charge in [0.25, 0.3) is 5.91 Å². The number of benzene rings is 1. The predicted molar refractivity (Wildman–Crippen MR) is 76.8 cm³/mol. The van der Waals surface area contributed by atoms with E-state index in [0.29, 0.717) is 0 Å². The van der Waals surface area contributed by atoms with Crippen molar-refractivity contribution in [2.45, 2.75) is 25.3 Å². The number of carbonyl (C=O) groups is 3. The molecule has 0 aliphatic carbocycles. The van der Waals surface area contributed by atoms with Gasteiger partial charge in [-0.25, -0.2) is 4.79 Å². The van der Waals surface area contributed by atoms with E-state index < -0.39 is 23.9 Å². The fourth-order valence-electron chi connectivity index (χ4n) is 1.64. The molecule has 0 unspecified atom stereocenters. The maximum atomic E-state index is 12.0. The Morgan fingerprint density at radius 3 is 2.14 bits per heavy atom. The minimum Gasteiger partial charge on any atom is -0.481 e. The molecule has 1 aromatic carbocycles. The summed E-state index contributed by atoms with van der Waals surface area (Å²) < 4.78 is 0. The summed E-state index contributed by atoms with van der Waals surface area (Å²) in [7, 11) is 0. The van der Waals surface area contributed by atoms with Crippen LogP contribution in [0.5, 0.6) is 0 Å². The quantitative estimate of drug-likeness (QED) is 0.710. The van der Waals surface area contributed by atoms with Crippen LogP contribution in [0.15, 0.2) is 18.2 Å². The zero-order valence-electron chi connectivity index (χ0n) is 10.8. The van der Waals surface area contributed by atoms with Crippen molar-refractivity contribution in [3.8, 4) is 0 Å². The average Bonchev–Trinajstić information content (AvgIpc) is 2.35. The van der Waals surface area contributed by atoms with Gasteiger partial charge in [0.2, 0.25) is 0 Å². The maximum Gasteiger partial charge on any atom is 0.326 e. The molecule has 0 fully saturated rings. The number of halogens is 2. The third-order valence-corrected chi connectivity index (χ3v) is 3.05. The minimum atomic E-state index is -1.23. The van der Waals surface area contributed by atoms with Crippen LogP contribution in [0.4, 0.5) is 0 Å². The van der Waals surface area contributed by atoms with Gasteiger partial charge in [-0.1, -0.05) is 23.2 Å². The first-order valence-corrected chi connectivity index (χ1v) is 6.76. The van der Waals surface area contributed by atoms with Crippen molar-refractivity contribution in [2.75, 3.05) is 0 Å². The van der Waals surface area contributed by atoms with Gasteiger partial charge in [-0.15, -0.1) is 0 Å². The lowest BCUT2D eigenvalue weighted by atomic mass is 10.1. The first-order valence-electron chi connectivity index (χ1n) is 6.01. The van der Waals surface area contributed by atoms with Gasteiger partial charge in [0, 0.05) is 22.0 Å². The summed E-state index contributed by atoms with van der Waals surface area (Å²) >= 11 is 11.5. The van der Waals surface area contributed by atoms with Crippen LogP contribution in [0.25, 0.3) is 0 Å². The van der Waals surface area contributed by atoms with Crippen molar-refractivity contribution in [3.63, 3.8) is 0 Å². The number of nitrogens with one attached hydrogen (secondary N) is 1. The molecule has 3 N–H and O–H groups in total. The summed E-state index contributed by atoms with van der Waals surface area (Å²) in [6.07, 6.45) is -0.00675. The molecular formula is C13H13Cl2NO5. The molecule has 0 saturated heterocycles. The monoisotopic (exact) mass is 333 g/mol. The Bertz CT molecular complexity index is 541. The van der Waals surface area contributed by atoms with Gasteiger partial charge in [-0.2, -0.15) is 0 Å². The van der Waals surface area contributed by atoms with E-state index in [0.717, 1.165) is 0 Å². The van der Waals surface area contributed by atoms with Crippen molar-refractivity contribution in [2.24, 2.45) is 0 Å². The SMILES string of the molecule is O=C(O)CCC[C@@H](NC(=O)c1cc(Cl)cc(Cl)c1)C(=O)O. The molecule has 6 nitrogen and oxygen atoms in total. The Hall–Kier alpha value is -1.79. The third-order valence-electron chi connectivity index (χ3n) is 2.61. The van der Waals surface area contributed by atoms with Crippen molar-refractivity contribution in [3.05, 3.63) is 33.8 Å². The molecule has 0 aromatic heterocycles. The Kier molecular flexibility index (Phi) is 6.45. The smallest absolute Gasteiger partial charge is 0.326 e. The van der Waals surface area contributed by atoms with E-state index in [1.54, 1.807) is 0 Å². The van der Waals surface area contributed by atoms with Gasteiger partial charge in [-0.3, -0.25) is 9.59 Å². The van der Waals surface area contributed by atoms with E-state index in [-0.39, 0.29) is 34.9 Å². The van der Waals surface area contributed by atoms with Gasteiger partial charge < -0.3 is 15.5 Å². The molecule has 21 heavy (non-hydrogen) atoms. The number of rotatable bonds is 7. The molecule has 8 heteroatoms. The zero-order chi connectivity index (χ0) is 16.0. The van der Waals surface area contributed by atoms with Crippen molar-refractivity contribution < 1.29 is 24.6 Å². The summed E-state index contributed by atoms with van der Waals surface area (Å²) in [5.74, 6) is -2.89. The van der Waals surface area contributed by atoms with Crippen LogP contribution in [0.3, 0.4) is 0 Å². The highest BCUT2D eigenvalue weighted by Gasteiger charge is 2.21. The number of hydrogen-bond acceptors (Lipinski definition) is 3. The fourth-order valence-corrected chi connectivity index (χ4v) is 2.17. The van der Waals surface area contributed by atoms with E-state index in [1.165, 1.54) is 18.2 Å². The highest BCUT2D eigenvalue weighted by Crippen LogP contribution is 2.19. The highest BCUT2D eigenvalue weighted by molar-refractivity contribution is 6.35. The number of aliphatic carboxylic acids is 2. The van der Waals surface area contributed by atoms with Crippen LogP contribution < -0.4 is 5.32 Å². The lowest BCUT2D eigenvalue weighted by molar-refractivity contribution is -0.140. The summed E-state index contributed by atoms with van der Waals surface area (Å²) in [5.41, 5.74) is 0.136. The molecule has 1 rings (SSSR count). The normalized spacial score (nSPS) is 11.7. The van der Waals surface area contributed by atoms with Crippen LogP contribution in [0.1, 0.15) is 29.6 Å². The van der Waals surface area contributed by atoms with Crippen LogP contribution in [0.2, 0.25) is 10.0 Å². The summed E-state index contributed by atoms with van der Waals surface area (Å²) in [6, 6.07) is 2.99. The standard InChI is InChI=1S/C13H13Cl2NO5/c14-8-4-7(5-9(15)6-8)12(19)16-10(13(20)21)2-1-3-11(17)18/h4-6,10H,1-3H2,(H,16,19)(H,17,18)(H,20,21)/t10-/m1/s1. The molecular weight excluding hydrogens is 321 g/mol. The lowest BCUT2D eigenvalue weighted by Crippen LogP contribution is -2.40. The van der Waals surface area contributed by atoms with Gasteiger partial charge in [0.15, 0.2) is 0 Å². The third kappa shape index (κ3) is 6.01. The molecule has 1 aromatic rings. The second kappa shape index (κ2) is 7.85. The molecule has 0 aliphatic heterocycles. The molecule has 0 aliphatic rings. The molecule has 0 bridgehead atoms. The Morgan fingerprint density at radius 1 is 1.10 bits per heavy atom. The van der Waals surface area contributed by atoms with E-state index in [9.17, 15) is 14.4 Å². The summed E-state index contributed by atoms with van der Waals surface area (Å²) in [4.78, 5) is 33.4. The van der Waals surface area contributed by atoms with Gasteiger partial charge in [0.1, 0.15) is 6.04 Å². The maximum absolute atomic E-state index is 12.0. The predicted octanol–water partition coefficient (Wildman–Crippen LogP) is 2.43. The number of carbonyl (C=O) groups excluding carboxylic acids is 1. The van der Waals surface area contributed by atoms with E-state index in [1.807, 2.05) is 0 Å². The average molecular weight is 334 g/mol. The number of hydrogen-bond donors (Lipinski definition) is 3. The van der Waals surface area contributed by atoms with Gasteiger partial charge in [0.05, 0.1) is 0 Å². The van der Waals surface area contributed by atoms with Crippen LogP contribution in [0, 0.1) is 0 Å². The highest BCUT2D eigenvalue weighted by atomic mass is 35.5. The summed E-state index contributed by atoms with van der Waals surface area (Å²) in [5, 5.41) is 20.4. The first kappa shape index (κ1) is 17.3. The van der Waals surface area contributed by atoms with Crippen LogP contribution in [-0.4, -0.2) is 34.1 Å². The number of carboxylic acids is 2. The molecule has 114 valence electrons. The van der Waals surface area contributed by atoms with Crippen molar-refractivity contribution in [1.29, 1.82) is 0 Å². The van der Waals surface area contributed by atoms with Crippen molar-refractivity contribution >= 4 is 41.0 Å². The first-order chi connectivity index (χ1) is 9.79. The topological polar surface area (TPSA) is 104 Å². The molecule has 1 amide bonds. The molecule has 0 saturated carbocycles. The van der Waals surface area contributed by atoms with Crippen LogP contribution in [-0.2, 0) is 9.59 Å². The lowest BCUT2D eigenvalue weighted by Gasteiger charge is -2.14. The fraction of sp³-hybridized carbons (Fsp3) is 0.308. The zero-order valence-corrected chi connectivity index (χ0v) is 12.3. The second-order valence-electron chi connectivity index (χ2n) is 4.31. The van der Waals surface area contributed by atoms with E-state index in [2.05, 4.69) is 5.32 Å². The Morgan fingerprint density at radius 2 is 1.67 bits per heavy atom. The summed E-state index contributed by atoms with van der Waals surface area (Å²) in [6.45, 7) is 0. The van der Waals surface area contributed by atoms with Gasteiger partial charge >= 0.3 is 11.9 Å². The Labute approximate surface area is 130 Å². The molecule has 0 spiro atoms. The number of amides is 1. The van der Waals surface area contributed by atoms with Crippen LogP contribution >= 0.6 is 23.2 Å². The molecule has 1 atom stereocenters.